The number of ether oxygens (including phenoxy) is 3. The van der Waals surface area contributed by atoms with Crippen LogP contribution in [0.2, 0.25) is 0 Å². The Morgan fingerprint density at radius 2 is 1.84 bits per heavy atom. The lowest BCUT2D eigenvalue weighted by Crippen LogP contribution is -2.49. The highest BCUT2D eigenvalue weighted by atomic mass is 16.5. The van der Waals surface area contributed by atoms with Gasteiger partial charge in [-0.25, -0.2) is 4.79 Å². The van der Waals surface area contributed by atoms with Gasteiger partial charge < -0.3 is 34.6 Å². The normalized spacial score (nSPS) is 22.9. The van der Waals surface area contributed by atoms with E-state index in [0.717, 1.165) is 28.9 Å². The van der Waals surface area contributed by atoms with Crippen LogP contribution in [0.1, 0.15) is 30.4 Å². The fraction of sp³-hybridized carbons (Fsp3) is 0.452. The number of methoxy groups -OCH3 is 1. The van der Waals surface area contributed by atoms with Crippen molar-refractivity contribution in [1.29, 1.82) is 0 Å². The Morgan fingerprint density at radius 3 is 2.59 bits per heavy atom. The molecule has 0 unspecified atom stereocenters. The Bertz CT molecular complexity index is 1460. The summed E-state index contributed by atoms with van der Waals surface area (Å²) in [6.07, 6.45) is 1.82. The average Bonchev–Trinajstić information content (AvgIpc) is 3.71. The largest absolute Gasteiger partial charge is 0.493 e. The van der Waals surface area contributed by atoms with Crippen LogP contribution in [0.5, 0.6) is 17.2 Å². The summed E-state index contributed by atoms with van der Waals surface area (Å²) in [5.41, 5.74) is 1.73. The SMILES string of the molecule is COc1cc2ccc1Oc1cccc(c1)CO[C@H]1CN(C(=O)CN3C(=O)CNC3=O)C[C@@H]1NC(=O)CN(C1CC1)C(=O)CC2. The van der Waals surface area contributed by atoms with Crippen LogP contribution in [0.3, 0.4) is 0 Å². The number of hydrogen-bond acceptors (Lipinski definition) is 8. The first-order valence-electron chi connectivity index (χ1n) is 14.8. The number of nitrogens with one attached hydrogen (secondary N) is 2. The Hall–Kier alpha value is -4.65. The summed E-state index contributed by atoms with van der Waals surface area (Å²) < 4.78 is 18.0. The molecule has 3 fully saturated rings. The molecule has 2 aromatic carbocycles. The number of rotatable bonds is 4. The van der Waals surface area contributed by atoms with Crippen LogP contribution < -0.4 is 20.1 Å². The second-order valence-electron chi connectivity index (χ2n) is 11.4. The Morgan fingerprint density at radius 1 is 1.00 bits per heavy atom. The molecule has 2 atom stereocenters. The molecule has 2 N–H and O–H groups in total. The quantitative estimate of drug-likeness (QED) is 0.495. The van der Waals surface area contributed by atoms with Crippen molar-refractivity contribution in [1.82, 2.24) is 25.3 Å². The predicted octanol–water partition coefficient (Wildman–Crippen LogP) is 1.19. The minimum atomic E-state index is -0.611. The van der Waals surface area contributed by atoms with Gasteiger partial charge >= 0.3 is 6.03 Å². The molecular formula is C31H35N5O8. The predicted molar refractivity (Wildman–Crippen MR) is 155 cm³/mol. The zero-order chi connectivity index (χ0) is 30.8. The summed E-state index contributed by atoms with van der Waals surface area (Å²) in [7, 11) is 1.56. The smallest absolute Gasteiger partial charge is 0.325 e. The first kappa shape index (κ1) is 29.4. The molecule has 5 aliphatic rings. The molecule has 4 heterocycles. The number of benzene rings is 2. The Kier molecular flexibility index (Phi) is 8.38. The van der Waals surface area contributed by atoms with Crippen molar-refractivity contribution in [3.05, 3.63) is 53.6 Å². The summed E-state index contributed by atoms with van der Waals surface area (Å²) in [5.74, 6) is 0.293. The highest BCUT2D eigenvalue weighted by molar-refractivity contribution is 6.04. The van der Waals surface area contributed by atoms with Gasteiger partial charge in [-0.3, -0.25) is 24.1 Å². The van der Waals surface area contributed by atoms with Crippen LogP contribution in [0.15, 0.2) is 42.5 Å². The van der Waals surface area contributed by atoms with Gasteiger partial charge in [-0.2, -0.15) is 0 Å². The van der Waals surface area contributed by atoms with Crippen molar-refractivity contribution >= 4 is 29.7 Å². The molecule has 1 aliphatic carbocycles. The molecule has 4 aliphatic heterocycles. The van der Waals surface area contributed by atoms with Gasteiger partial charge in [0.05, 0.1) is 39.0 Å². The third-order valence-electron chi connectivity index (χ3n) is 8.26. The Labute approximate surface area is 254 Å². The van der Waals surface area contributed by atoms with Crippen LogP contribution in [0.4, 0.5) is 4.79 Å². The van der Waals surface area contributed by atoms with E-state index in [0.29, 0.717) is 23.7 Å². The van der Waals surface area contributed by atoms with Crippen molar-refractivity contribution in [3.63, 3.8) is 0 Å². The Balaban J connectivity index is 1.24. The van der Waals surface area contributed by atoms with Gasteiger partial charge in [0.15, 0.2) is 11.5 Å². The summed E-state index contributed by atoms with van der Waals surface area (Å²) in [5, 5.41) is 5.40. The van der Waals surface area contributed by atoms with Crippen LogP contribution >= 0.6 is 0 Å². The van der Waals surface area contributed by atoms with Crippen molar-refractivity contribution in [2.45, 2.75) is 50.5 Å². The van der Waals surface area contributed by atoms with Gasteiger partial charge in [-0.05, 0) is 54.7 Å². The lowest BCUT2D eigenvalue weighted by Gasteiger charge is -2.25. The molecule has 1 saturated carbocycles. The first-order valence-corrected chi connectivity index (χ1v) is 14.8. The highest BCUT2D eigenvalue weighted by Gasteiger charge is 2.40. The van der Waals surface area contributed by atoms with E-state index in [2.05, 4.69) is 10.6 Å². The molecule has 2 aromatic rings. The number of imide groups is 1. The van der Waals surface area contributed by atoms with Gasteiger partial charge in [0.25, 0.3) is 5.91 Å². The molecule has 0 spiro atoms. The van der Waals surface area contributed by atoms with E-state index in [1.165, 1.54) is 4.90 Å². The molecule has 13 nitrogen and oxygen atoms in total. The fourth-order valence-corrected chi connectivity index (χ4v) is 5.73. The second kappa shape index (κ2) is 12.5. The first-order chi connectivity index (χ1) is 21.3. The fourth-order valence-electron chi connectivity index (χ4n) is 5.73. The summed E-state index contributed by atoms with van der Waals surface area (Å²) >= 11 is 0. The molecular weight excluding hydrogens is 570 g/mol. The minimum Gasteiger partial charge on any atom is -0.493 e. The zero-order valence-corrected chi connectivity index (χ0v) is 24.5. The molecule has 232 valence electrons. The van der Waals surface area contributed by atoms with Gasteiger partial charge in [-0.1, -0.05) is 18.2 Å². The molecule has 44 heavy (non-hydrogen) atoms. The van der Waals surface area contributed by atoms with Crippen LogP contribution in [-0.2, 0) is 36.9 Å². The van der Waals surface area contributed by atoms with Gasteiger partial charge in [0, 0.05) is 25.6 Å². The maximum absolute atomic E-state index is 13.3. The zero-order valence-electron chi connectivity index (χ0n) is 24.5. The standard InChI is InChI=1S/C31H35N5O8/c1-42-25-12-19-5-9-24(25)44-22-4-2-3-20(11-22)18-43-26-15-34(30(40)17-36-29(39)13-32-31(36)41)14-23(26)33-27(37)16-35(21-7-8-21)28(38)10-6-19/h2-5,9,11-12,21,23,26H,6-8,10,13-18H2,1H3,(H,32,41)(H,33,37)/t23-,26-/m0/s1. The van der Waals surface area contributed by atoms with Crippen LogP contribution in [0, 0.1) is 0 Å². The molecule has 0 radical (unpaired) electrons. The molecule has 0 aromatic heterocycles. The number of carbonyl (C=O) groups is 5. The third-order valence-corrected chi connectivity index (χ3v) is 8.26. The van der Waals surface area contributed by atoms with Gasteiger partial charge in [-0.15, -0.1) is 0 Å². The van der Waals surface area contributed by atoms with E-state index in [4.69, 9.17) is 14.2 Å². The number of urea groups is 1. The number of amides is 6. The maximum atomic E-state index is 13.3. The van der Waals surface area contributed by atoms with E-state index >= 15 is 0 Å². The van der Waals surface area contributed by atoms with E-state index in [-0.39, 0.29) is 57.1 Å². The lowest BCUT2D eigenvalue weighted by molar-refractivity contribution is -0.137. The number of aryl methyl sites for hydroxylation is 1. The van der Waals surface area contributed by atoms with Crippen molar-refractivity contribution in [2.75, 3.05) is 39.8 Å². The number of hydrogen-bond donors (Lipinski definition) is 2. The molecule has 6 amide bonds. The maximum Gasteiger partial charge on any atom is 0.325 e. The minimum absolute atomic E-state index is 0.0248. The van der Waals surface area contributed by atoms with Crippen molar-refractivity contribution < 1.29 is 38.2 Å². The number of nitrogens with zero attached hydrogens (tertiary/aromatic N) is 3. The van der Waals surface area contributed by atoms with E-state index in [9.17, 15) is 24.0 Å². The van der Waals surface area contributed by atoms with Crippen LogP contribution in [-0.4, -0.2) is 102 Å². The second-order valence-corrected chi connectivity index (χ2v) is 11.4. The number of fused-ring (bicyclic) bond motifs is 9. The molecule has 13 heteroatoms. The molecule has 7 rings (SSSR count). The summed E-state index contributed by atoms with van der Waals surface area (Å²) in [6.45, 7) is -0.183. The van der Waals surface area contributed by atoms with Gasteiger partial charge in [0.1, 0.15) is 12.3 Å². The molecule has 2 saturated heterocycles. The summed E-state index contributed by atoms with van der Waals surface area (Å²) in [4.78, 5) is 67.8. The average molecular weight is 606 g/mol. The van der Waals surface area contributed by atoms with Crippen molar-refractivity contribution in [2.24, 2.45) is 0 Å². The van der Waals surface area contributed by atoms with E-state index in [1.54, 1.807) is 12.0 Å². The van der Waals surface area contributed by atoms with Gasteiger partial charge in [0.2, 0.25) is 17.7 Å². The number of likely N-dealkylation sites (tertiary alicyclic amines) is 1. The monoisotopic (exact) mass is 605 g/mol. The number of carbonyl (C=O) groups excluding carboxylic acids is 5. The van der Waals surface area contributed by atoms with Crippen molar-refractivity contribution in [3.8, 4) is 17.2 Å². The topological polar surface area (TPSA) is 147 Å². The lowest BCUT2D eigenvalue weighted by atomic mass is 10.1. The van der Waals surface area contributed by atoms with E-state index < -0.39 is 36.5 Å². The highest BCUT2D eigenvalue weighted by Crippen LogP contribution is 2.34. The summed E-state index contributed by atoms with van der Waals surface area (Å²) in [6, 6.07) is 11.8. The van der Waals surface area contributed by atoms with E-state index in [1.807, 2.05) is 42.5 Å². The molecule has 4 bridgehead atoms. The third kappa shape index (κ3) is 6.62. The van der Waals surface area contributed by atoms with Crippen LogP contribution in [0.25, 0.3) is 0 Å².